The molecule has 1 aromatic rings. The van der Waals surface area contributed by atoms with Crippen molar-refractivity contribution in [3.63, 3.8) is 0 Å². The zero-order chi connectivity index (χ0) is 11.5. The van der Waals surface area contributed by atoms with Crippen molar-refractivity contribution in [2.45, 2.75) is 13.3 Å². The summed E-state index contributed by atoms with van der Waals surface area (Å²) in [6, 6.07) is 7.97. The van der Waals surface area contributed by atoms with Crippen LogP contribution in [0.4, 0.5) is 4.39 Å². The molecule has 0 spiro atoms. The molecule has 0 aliphatic carbocycles. The second-order valence-corrected chi connectivity index (χ2v) is 3.84. The van der Waals surface area contributed by atoms with Crippen LogP contribution in [0.25, 0.3) is 0 Å². The van der Waals surface area contributed by atoms with E-state index in [9.17, 15) is 4.39 Å². The summed E-state index contributed by atoms with van der Waals surface area (Å²) in [7, 11) is 0. The van der Waals surface area contributed by atoms with E-state index in [2.05, 4.69) is 0 Å². The first-order valence-corrected chi connectivity index (χ1v) is 4.65. The molecule has 0 radical (unpaired) electrons. The maximum Gasteiger partial charge on any atom is 0.145 e. The van der Waals surface area contributed by atoms with E-state index in [4.69, 9.17) is 22.1 Å². The van der Waals surface area contributed by atoms with Gasteiger partial charge in [-0.25, -0.2) is 4.39 Å². The molecule has 0 heterocycles. The van der Waals surface area contributed by atoms with Crippen LogP contribution in [0.15, 0.2) is 18.2 Å². The summed E-state index contributed by atoms with van der Waals surface area (Å²) < 4.78 is 13.4. The van der Waals surface area contributed by atoms with Gasteiger partial charge in [0, 0.05) is 17.0 Å². The van der Waals surface area contributed by atoms with Crippen molar-refractivity contribution in [3.05, 3.63) is 34.6 Å². The zero-order valence-corrected chi connectivity index (χ0v) is 8.85. The lowest BCUT2D eigenvalue weighted by molar-refractivity contribution is 0.541. The van der Waals surface area contributed by atoms with E-state index in [0.717, 1.165) is 0 Å². The molecule has 4 heteroatoms. The highest BCUT2D eigenvalue weighted by molar-refractivity contribution is 6.31. The van der Waals surface area contributed by atoms with E-state index < -0.39 is 11.2 Å². The van der Waals surface area contributed by atoms with E-state index in [1.54, 1.807) is 0 Å². The average molecular weight is 223 g/mol. The molecule has 0 saturated carbocycles. The first kappa shape index (κ1) is 11.5. The highest BCUT2D eigenvalue weighted by atomic mass is 35.5. The third kappa shape index (κ3) is 2.46. The molecular formula is C11H8ClFN2. The van der Waals surface area contributed by atoms with Crippen molar-refractivity contribution in [1.82, 2.24) is 0 Å². The maximum atomic E-state index is 13.4. The Bertz CT molecular complexity index is 422. The second kappa shape index (κ2) is 4.29. The van der Waals surface area contributed by atoms with Crippen LogP contribution >= 0.6 is 11.6 Å². The molecule has 76 valence electrons. The Morgan fingerprint density at radius 3 is 2.47 bits per heavy atom. The first-order chi connectivity index (χ1) is 7.02. The summed E-state index contributed by atoms with van der Waals surface area (Å²) in [5.41, 5.74) is -1.03. The number of hydrogen-bond donors (Lipinski definition) is 0. The van der Waals surface area contributed by atoms with Crippen molar-refractivity contribution in [1.29, 1.82) is 10.5 Å². The first-order valence-electron chi connectivity index (χ1n) is 4.28. The Morgan fingerprint density at radius 2 is 2.00 bits per heavy atom. The summed E-state index contributed by atoms with van der Waals surface area (Å²) in [5.74, 6) is -0.487. The predicted molar refractivity (Wildman–Crippen MR) is 54.4 cm³/mol. The van der Waals surface area contributed by atoms with Gasteiger partial charge >= 0.3 is 0 Å². The van der Waals surface area contributed by atoms with Crippen molar-refractivity contribution in [2.24, 2.45) is 5.41 Å². The molecular weight excluding hydrogens is 215 g/mol. The smallest absolute Gasteiger partial charge is 0.145 e. The highest BCUT2D eigenvalue weighted by Gasteiger charge is 2.26. The summed E-state index contributed by atoms with van der Waals surface area (Å²) >= 11 is 5.79. The molecule has 1 rings (SSSR count). The largest absolute Gasteiger partial charge is 0.207 e. The molecule has 0 fully saturated rings. The fraction of sp³-hybridized carbons (Fsp3) is 0.273. The lowest BCUT2D eigenvalue weighted by atomic mass is 9.86. The molecule has 0 unspecified atom stereocenters. The molecule has 0 aromatic heterocycles. The van der Waals surface area contributed by atoms with Crippen LogP contribution in [0.1, 0.15) is 12.5 Å². The van der Waals surface area contributed by atoms with Gasteiger partial charge in [0.15, 0.2) is 0 Å². The molecule has 0 atom stereocenters. The van der Waals surface area contributed by atoms with Crippen molar-refractivity contribution in [3.8, 4) is 12.1 Å². The molecule has 1 aromatic carbocycles. The van der Waals surface area contributed by atoms with Gasteiger partial charge in [-0.15, -0.1) is 0 Å². The minimum Gasteiger partial charge on any atom is -0.207 e. The van der Waals surface area contributed by atoms with Gasteiger partial charge in [0.1, 0.15) is 11.2 Å². The maximum absolute atomic E-state index is 13.4. The number of rotatable bonds is 2. The molecule has 0 aliphatic rings. The Morgan fingerprint density at radius 1 is 1.40 bits per heavy atom. The second-order valence-electron chi connectivity index (χ2n) is 3.43. The summed E-state index contributed by atoms with van der Waals surface area (Å²) in [6.07, 6.45) is -0.00843. The van der Waals surface area contributed by atoms with Gasteiger partial charge in [0.2, 0.25) is 0 Å². The number of benzene rings is 1. The summed E-state index contributed by atoms with van der Waals surface area (Å²) in [5, 5.41) is 17.8. The quantitative estimate of drug-likeness (QED) is 0.772. The topological polar surface area (TPSA) is 47.6 Å². The van der Waals surface area contributed by atoms with Crippen LogP contribution in [0.2, 0.25) is 5.02 Å². The predicted octanol–water partition coefficient (Wildman–Crippen LogP) is 3.08. The van der Waals surface area contributed by atoms with Crippen molar-refractivity contribution in [2.75, 3.05) is 0 Å². The van der Waals surface area contributed by atoms with E-state index in [1.165, 1.54) is 25.1 Å². The van der Waals surface area contributed by atoms with Crippen LogP contribution < -0.4 is 0 Å². The normalized spacial score (nSPS) is 10.5. The molecule has 2 nitrogen and oxygen atoms in total. The van der Waals surface area contributed by atoms with Crippen LogP contribution in [0.5, 0.6) is 0 Å². The minimum atomic E-state index is -1.24. The number of nitrogens with zero attached hydrogens (tertiary/aromatic N) is 2. The molecule has 0 N–H and O–H groups in total. The molecule has 0 amide bonds. The SMILES string of the molecule is CC(C#N)(C#N)Cc1c(F)cccc1Cl. The van der Waals surface area contributed by atoms with Gasteiger partial charge in [-0.2, -0.15) is 10.5 Å². The Hall–Kier alpha value is -1.58. The van der Waals surface area contributed by atoms with E-state index in [0.29, 0.717) is 0 Å². The standard InChI is InChI=1S/C11H8ClFN2/c1-11(6-14,7-15)5-8-9(12)3-2-4-10(8)13/h2-4H,5H2,1H3. The van der Waals surface area contributed by atoms with Crippen LogP contribution in [-0.4, -0.2) is 0 Å². The number of halogens is 2. The summed E-state index contributed by atoms with van der Waals surface area (Å²) in [4.78, 5) is 0. The van der Waals surface area contributed by atoms with Crippen molar-refractivity contribution >= 4 is 11.6 Å². The van der Waals surface area contributed by atoms with Gasteiger partial charge in [-0.1, -0.05) is 17.7 Å². The Balaban J connectivity index is 3.12. The zero-order valence-electron chi connectivity index (χ0n) is 8.09. The molecule has 0 aliphatic heterocycles. The third-order valence-electron chi connectivity index (χ3n) is 2.09. The van der Waals surface area contributed by atoms with Crippen molar-refractivity contribution < 1.29 is 4.39 Å². The van der Waals surface area contributed by atoms with Gasteiger partial charge in [-0.3, -0.25) is 0 Å². The van der Waals surface area contributed by atoms with E-state index in [-0.39, 0.29) is 17.0 Å². The van der Waals surface area contributed by atoms with Gasteiger partial charge in [0.05, 0.1) is 12.1 Å². The van der Waals surface area contributed by atoms with E-state index >= 15 is 0 Å². The number of nitriles is 2. The van der Waals surface area contributed by atoms with Crippen LogP contribution in [0.3, 0.4) is 0 Å². The van der Waals surface area contributed by atoms with Gasteiger partial charge < -0.3 is 0 Å². The Kier molecular flexibility index (Phi) is 3.29. The van der Waals surface area contributed by atoms with Gasteiger partial charge in [-0.05, 0) is 19.1 Å². The van der Waals surface area contributed by atoms with Crippen LogP contribution in [-0.2, 0) is 6.42 Å². The van der Waals surface area contributed by atoms with Gasteiger partial charge in [0.25, 0.3) is 0 Å². The Labute approximate surface area is 92.5 Å². The molecule has 0 saturated heterocycles. The molecule has 15 heavy (non-hydrogen) atoms. The minimum absolute atomic E-state index is 0.00843. The fourth-order valence-electron chi connectivity index (χ4n) is 1.16. The lowest BCUT2D eigenvalue weighted by Gasteiger charge is -2.13. The fourth-order valence-corrected chi connectivity index (χ4v) is 1.39. The highest BCUT2D eigenvalue weighted by Crippen LogP contribution is 2.27. The van der Waals surface area contributed by atoms with Crippen LogP contribution in [0, 0.1) is 33.9 Å². The summed E-state index contributed by atoms with van der Waals surface area (Å²) in [6.45, 7) is 1.45. The monoisotopic (exact) mass is 222 g/mol. The lowest BCUT2D eigenvalue weighted by Crippen LogP contribution is -2.15. The van der Waals surface area contributed by atoms with E-state index in [1.807, 2.05) is 12.1 Å². The number of hydrogen-bond acceptors (Lipinski definition) is 2. The average Bonchev–Trinajstić information content (AvgIpc) is 2.23. The molecule has 0 bridgehead atoms. The third-order valence-corrected chi connectivity index (χ3v) is 2.44.